The van der Waals surface area contributed by atoms with E-state index < -0.39 is 11.4 Å². The lowest BCUT2D eigenvalue weighted by atomic mass is 9.32. The third-order valence-electron chi connectivity index (χ3n) is 13.0. The van der Waals surface area contributed by atoms with Crippen molar-refractivity contribution in [1.82, 2.24) is 0 Å². The van der Waals surface area contributed by atoms with Gasteiger partial charge in [-0.3, -0.25) is 4.79 Å². The highest BCUT2D eigenvalue weighted by Crippen LogP contribution is 2.76. The highest BCUT2D eigenvalue weighted by atomic mass is 16.4. The highest BCUT2D eigenvalue weighted by molar-refractivity contribution is 5.80. The number of carbonyl (C=O) groups is 1. The first-order chi connectivity index (χ1) is 15.1. The van der Waals surface area contributed by atoms with E-state index in [1.807, 2.05) is 0 Å². The number of rotatable bonds is 1. The molecule has 3 nitrogen and oxygen atoms in total. The number of aliphatic hydroxyl groups excluding tert-OH is 1. The molecule has 0 saturated heterocycles. The Labute approximate surface area is 201 Å². The van der Waals surface area contributed by atoms with Gasteiger partial charge in [-0.2, -0.15) is 0 Å². The number of hydrogen-bond donors (Lipinski definition) is 2. The van der Waals surface area contributed by atoms with Crippen LogP contribution in [0.3, 0.4) is 0 Å². The maximum atomic E-state index is 12.7. The molecule has 3 heteroatoms. The van der Waals surface area contributed by atoms with Crippen molar-refractivity contribution in [2.75, 3.05) is 0 Å². The van der Waals surface area contributed by atoms with E-state index in [2.05, 4.69) is 54.5 Å². The van der Waals surface area contributed by atoms with Crippen LogP contribution >= 0.6 is 0 Å². The summed E-state index contributed by atoms with van der Waals surface area (Å²) in [4.78, 5) is 12.7. The van der Waals surface area contributed by atoms with Crippen LogP contribution in [0.4, 0.5) is 0 Å². The minimum absolute atomic E-state index is 0.0208. The first-order valence-corrected chi connectivity index (χ1v) is 13.8. The van der Waals surface area contributed by atoms with Crippen LogP contribution in [-0.4, -0.2) is 22.3 Å². The maximum absolute atomic E-state index is 12.7. The van der Waals surface area contributed by atoms with Crippen LogP contribution in [0.2, 0.25) is 0 Å². The third kappa shape index (κ3) is 2.87. The summed E-state index contributed by atoms with van der Waals surface area (Å²) >= 11 is 0. The normalized spacial score (nSPS) is 52.4. The van der Waals surface area contributed by atoms with Crippen molar-refractivity contribution >= 4 is 5.97 Å². The van der Waals surface area contributed by atoms with Gasteiger partial charge < -0.3 is 10.2 Å². The van der Waals surface area contributed by atoms with Gasteiger partial charge in [-0.15, -0.1) is 0 Å². The minimum atomic E-state index is -0.624. The van der Waals surface area contributed by atoms with Gasteiger partial charge in [-0.05, 0) is 109 Å². The monoisotopic (exact) mass is 456 g/mol. The van der Waals surface area contributed by atoms with Gasteiger partial charge in [0.15, 0.2) is 0 Å². The molecule has 0 aromatic rings. The predicted molar refractivity (Wildman–Crippen MR) is 133 cm³/mol. The average Bonchev–Trinajstić information content (AvgIpc) is 2.71. The molecule has 5 aliphatic carbocycles. The van der Waals surface area contributed by atoms with E-state index in [-0.39, 0.29) is 33.2 Å². The van der Waals surface area contributed by atoms with Gasteiger partial charge >= 0.3 is 5.97 Å². The van der Waals surface area contributed by atoms with E-state index in [1.54, 1.807) is 0 Å². The van der Waals surface area contributed by atoms with Crippen LogP contribution in [-0.2, 0) is 4.79 Å². The Kier molecular flexibility index (Phi) is 4.99. The van der Waals surface area contributed by atoms with Crippen molar-refractivity contribution in [3.8, 4) is 0 Å². The number of aliphatic hydroxyl groups is 1. The van der Waals surface area contributed by atoms with Gasteiger partial charge in [0.2, 0.25) is 0 Å². The van der Waals surface area contributed by atoms with Crippen LogP contribution in [0.5, 0.6) is 0 Å². The smallest absolute Gasteiger partial charge is 0.313 e. The van der Waals surface area contributed by atoms with E-state index >= 15 is 0 Å². The Bertz CT molecular complexity index is 885. The molecule has 5 rings (SSSR count). The summed E-state index contributed by atoms with van der Waals surface area (Å²) in [5, 5.41) is 21.4. The molecular weight excluding hydrogens is 408 g/mol. The van der Waals surface area contributed by atoms with E-state index in [0.717, 1.165) is 44.9 Å². The maximum Gasteiger partial charge on any atom is 0.313 e. The van der Waals surface area contributed by atoms with Gasteiger partial charge in [0.1, 0.15) is 0 Å². The molecular formula is C30H48O3. The number of hydrogen-bond acceptors (Lipinski definition) is 2. The highest BCUT2D eigenvalue weighted by Gasteiger charge is 2.69. The fourth-order valence-electron chi connectivity index (χ4n) is 10.7. The first kappa shape index (κ1) is 23.9. The Morgan fingerprint density at radius 2 is 1.45 bits per heavy atom. The minimum Gasteiger partial charge on any atom is -0.481 e. The Morgan fingerprint density at radius 3 is 2.12 bits per heavy atom. The summed E-state index contributed by atoms with van der Waals surface area (Å²) in [6.07, 6.45) is 12.7. The third-order valence-corrected chi connectivity index (χ3v) is 13.0. The van der Waals surface area contributed by atoms with Gasteiger partial charge in [0.05, 0.1) is 11.5 Å². The van der Waals surface area contributed by atoms with Gasteiger partial charge in [-0.1, -0.05) is 60.1 Å². The van der Waals surface area contributed by atoms with Gasteiger partial charge in [-0.25, -0.2) is 0 Å². The number of carboxylic acid groups (broad SMARTS) is 1. The summed E-state index contributed by atoms with van der Waals surface area (Å²) in [7, 11) is 0. The van der Waals surface area contributed by atoms with Crippen LogP contribution in [0, 0.1) is 50.2 Å². The molecule has 0 heterocycles. The molecule has 5 aliphatic rings. The lowest BCUT2D eigenvalue weighted by Crippen LogP contribution is -2.66. The quantitative estimate of drug-likeness (QED) is 0.409. The summed E-state index contributed by atoms with van der Waals surface area (Å²) in [6, 6.07) is 0. The summed E-state index contributed by atoms with van der Waals surface area (Å²) in [5.74, 6) is 1.05. The molecule has 186 valence electrons. The zero-order chi connectivity index (χ0) is 24.2. The zero-order valence-electron chi connectivity index (χ0n) is 22.3. The van der Waals surface area contributed by atoms with Gasteiger partial charge in [0.25, 0.3) is 0 Å². The number of fused-ring (bicyclic) bond motifs is 7. The zero-order valence-corrected chi connectivity index (χ0v) is 22.3. The number of carboxylic acids is 1. The molecule has 4 saturated carbocycles. The predicted octanol–water partition coefficient (Wildman–Crippen LogP) is 7.23. The Morgan fingerprint density at radius 1 is 0.788 bits per heavy atom. The lowest BCUT2D eigenvalue weighted by Gasteiger charge is -2.72. The summed E-state index contributed by atoms with van der Waals surface area (Å²) in [5.41, 5.74) is 1.40. The van der Waals surface area contributed by atoms with Crippen LogP contribution < -0.4 is 0 Å². The average molecular weight is 457 g/mol. The standard InChI is InChI=1S/C30H48O3/c1-25(2)14-16-30(24(32)33)17-15-28(6)19(20(30)18-25)8-9-22-27(5)12-11-23(31)26(3,4)21(27)10-13-29(22,28)7/h18-19,21-23,31H,8-17H2,1-7H3,(H,32,33)/t19-,21+,22-,23?,27+,28-,29-,30+/m1/s1. The van der Waals surface area contributed by atoms with Crippen molar-refractivity contribution in [2.45, 2.75) is 119 Å². The second-order valence-corrected chi connectivity index (χ2v) is 15.0. The second kappa shape index (κ2) is 6.89. The van der Waals surface area contributed by atoms with Crippen molar-refractivity contribution in [1.29, 1.82) is 0 Å². The second-order valence-electron chi connectivity index (χ2n) is 15.0. The molecule has 2 N–H and O–H groups in total. The van der Waals surface area contributed by atoms with Gasteiger partial charge in [0, 0.05) is 0 Å². The Balaban J connectivity index is 1.58. The summed E-state index contributed by atoms with van der Waals surface area (Å²) in [6.45, 7) is 16.9. The Hall–Kier alpha value is -0.830. The van der Waals surface area contributed by atoms with E-state index in [9.17, 15) is 15.0 Å². The molecule has 0 aliphatic heterocycles. The molecule has 4 fully saturated rings. The van der Waals surface area contributed by atoms with Crippen molar-refractivity contribution in [3.05, 3.63) is 11.6 Å². The topological polar surface area (TPSA) is 57.5 Å². The summed E-state index contributed by atoms with van der Waals surface area (Å²) < 4.78 is 0. The largest absolute Gasteiger partial charge is 0.481 e. The van der Waals surface area contributed by atoms with E-state index in [4.69, 9.17) is 0 Å². The fourth-order valence-corrected chi connectivity index (χ4v) is 10.7. The molecule has 0 aromatic heterocycles. The van der Waals surface area contributed by atoms with Crippen LogP contribution in [0.1, 0.15) is 113 Å². The molecule has 1 unspecified atom stereocenters. The molecule has 0 spiro atoms. The fraction of sp³-hybridized carbons (Fsp3) is 0.900. The molecule has 0 aromatic carbocycles. The van der Waals surface area contributed by atoms with E-state index in [0.29, 0.717) is 17.8 Å². The lowest BCUT2D eigenvalue weighted by molar-refractivity contribution is -0.229. The molecule has 0 bridgehead atoms. The molecule has 33 heavy (non-hydrogen) atoms. The molecule has 0 radical (unpaired) electrons. The molecule has 8 atom stereocenters. The van der Waals surface area contributed by atoms with Crippen LogP contribution in [0.25, 0.3) is 0 Å². The molecule has 0 amide bonds. The van der Waals surface area contributed by atoms with Crippen molar-refractivity contribution in [3.63, 3.8) is 0 Å². The number of aliphatic carboxylic acids is 1. The van der Waals surface area contributed by atoms with Crippen molar-refractivity contribution < 1.29 is 15.0 Å². The SMILES string of the molecule is CC1(C)C=C2[C@H]3CC[C@@H]4[C@@]5(C)CCC(O)C(C)(C)[C@@H]5CC[C@@]4(C)[C@]3(C)CC[C@@]2(C(=O)O)CC1. The number of allylic oxidation sites excluding steroid dienone is 1. The first-order valence-electron chi connectivity index (χ1n) is 13.8. The van der Waals surface area contributed by atoms with Crippen molar-refractivity contribution in [2.24, 2.45) is 50.2 Å². The van der Waals surface area contributed by atoms with Crippen LogP contribution in [0.15, 0.2) is 11.6 Å². The van der Waals surface area contributed by atoms with E-state index in [1.165, 1.54) is 24.8 Å².